The van der Waals surface area contributed by atoms with Crippen LogP contribution in [0, 0.1) is 0 Å². The second-order valence-electron chi connectivity index (χ2n) is 7.03. The predicted octanol–water partition coefficient (Wildman–Crippen LogP) is 4.07. The highest BCUT2D eigenvalue weighted by molar-refractivity contribution is 5.72. The molecule has 0 unspecified atom stereocenters. The zero-order valence-electron chi connectivity index (χ0n) is 15.9. The normalized spacial score (nSPS) is 15.3. The van der Waals surface area contributed by atoms with Gasteiger partial charge in [-0.2, -0.15) is 5.10 Å². The third kappa shape index (κ3) is 2.95. The Balaban J connectivity index is 1.65. The molecule has 0 aliphatic carbocycles. The molecule has 144 valence electrons. The van der Waals surface area contributed by atoms with Crippen molar-refractivity contribution in [2.24, 2.45) is 0 Å². The number of benzene rings is 2. The highest BCUT2D eigenvalue weighted by atomic mass is 16.6. The molecule has 28 heavy (non-hydrogen) atoms. The molecule has 0 saturated carbocycles. The second kappa shape index (κ2) is 7.11. The minimum Gasteiger partial charge on any atom is -0.497 e. The maximum Gasteiger partial charge on any atom is 0.163 e. The van der Waals surface area contributed by atoms with Crippen LogP contribution in [0.2, 0.25) is 0 Å². The van der Waals surface area contributed by atoms with Crippen LogP contribution in [0.4, 0.5) is 5.82 Å². The van der Waals surface area contributed by atoms with Gasteiger partial charge in [0.25, 0.3) is 0 Å². The smallest absolute Gasteiger partial charge is 0.163 e. The van der Waals surface area contributed by atoms with E-state index in [0.717, 1.165) is 65.8 Å². The van der Waals surface area contributed by atoms with Crippen molar-refractivity contribution < 1.29 is 14.2 Å². The number of nitrogens with zero attached hydrogens (tertiary/aromatic N) is 2. The fourth-order valence-corrected chi connectivity index (χ4v) is 3.86. The van der Waals surface area contributed by atoms with Crippen LogP contribution in [0.1, 0.15) is 18.4 Å². The number of hydrogen-bond acceptors (Lipinski definition) is 5. The molecule has 1 aromatic heterocycles. The number of aromatic nitrogens is 2. The van der Waals surface area contributed by atoms with E-state index in [4.69, 9.17) is 19.3 Å². The topological polar surface area (TPSA) is 57.5 Å². The molecule has 0 saturated heterocycles. The van der Waals surface area contributed by atoms with Gasteiger partial charge in [0.05, 0.1) is 18.5 Å². The Morgan fingerprint density at radius 3 is 2.82 bits per heavy atom. The Bertz CT molecular complexity index is 1010. The monoisotopic (exact) mass is 377 g/mol. The first-order valence-electron chi connectivity index (χ1n) is 9.74. The molecule has 6 heteroatoms. The number of hydrogen-bond donors (Lipinski definition) is 1. The Morgan fingerprint density at radius 1 is 1.04 bits per heavy atom. The maximum absolute atomic E-state index is 5.77. The number of ether oxygens (including phenoxy) is 3. The summed E-state index contributed by atoms with van der Waals surface area (Å²) in [5.74, 6) is 3.45. The van der Waals surface area contributed by atoms with E-state index in [1.54, 1.807) is 7.11 Å². The van der Waals surface area contributed by atoms with Gasteiger partial charge in [-0.1, -0.05) is 12.1 Å². The van der Waals surface area contributed by atoms with Crippen molar-refractivity contribution in [3.05, 3.63) is 48.0 Å². The third-order valence-corrected chi connectivity index (χ3v) is 5.24. The molecule has 0 fully saturated rings. The number of anilines is 1. The average Bonchev–Trinajstić information content (AvgIpc) is 2.94. The van der Waals surface area contributed by atoms with Crippen LogP contribution < -0.4 is 19.5 Å². The quantitative estimate of drug-likeness (QED) is 0.746. The van der Waals surface area contributed by atoms with Crippen LogP contribution in [-0.4, -0.2) is 36.6 Å². The standard InChI is InChI=1S/C22H23N3O3/c1-26-17-6-4-5-15(13-17)21-18-7-2-3-10-23-22(18)25(24-21)16-8-9-19-20(14-16)28-12-11-27-19/h4-6,8-9,13-14,23H,2-3,7,10-12H2,1H3. The molecule has 0 spiro atoms. The molecular formula is C22H23N3O3. The van der Waals surface area contributed by atoms with Gasteiger partial charge in [0.2, 0.25) is 0 Å². The van der Waals surface area contributed by atoms with Gasteiger partial charge in [-0.25, -0.2) is 4.68 Å². The zero-order valence-corrected chi connectivity index (χ0v) is 15.9. The predicted molar refractivity (Wildman–Crippen MR) is 108 cm³/mol. The van der Waals surface area contributed by atoms with Gasteiger partial charge >= 0.3 is 0 Å². The molecule has 0 atom stereocenters. The lowest BCUT2D eigenvalue weighted by atomic mass is 10.0. The van der Waals surface area contributed by atoms with E-state index in [-0.39, 0.29) is 0 Å². The van der Waals surface area contributed by atoms with Gasteiger partial charge in [-0.3, -0.25) is 0 Å². The molecule has 0 amide bonds. The first kappa shape index (κ1) is 17.0. The lowest BCUT2D eigenvalue weighted by Crippen LogP contribution is -2.15. The fourth-order valence-electron chi connectivity index (χ4n) is 3.86. The highest BCUT2D eigenvalue weighted by Gasteiger charge is 2.23. The van der Waals surface area contributed by atoms with E-state index in [0.29, 0.717) is 13.2 Å². The van der Waals surface area contributed by atoms with Crippen molar-refractivity contribution in [2.75, 3.05) is 32.2 Å². The van der Waals surface area contributed by atoms with Crippen molar-refractivity contribution in [2.45, 2.75) is 19.3 Å². The van der Waals surface area contributed by atoms with Gasteiger partial charge < -0.3 is 19.5 Å². The number of nitrogens with one attached hydrogen (secondary N) is 1. The first-order chi connectivity index (χ1) is 13.8. The van der Waals surface area contributed by atoms with Gasteiger partial charge in [-0.05, 0) is 43.5 Å². The van der Waals surface area contributed by atoms with E-state index >= 15 is 0 Å². The minimum absolute atomic E-state index is 0.570. The zero-order chi connectivity index (χ0) is 18.9. The third-order valence-electron chi connectivity index (χ3n) is 5.24. The van der Waals surface area contributed by atoms with Crippen LogP contribution >= 0.6 is 0 Å². The average molecular weight is 377 g/mol. The lowest BCUT2D eigenvalue weighted by molar-refractivity contribution is 0.171. The molecule has 2 aromatic carbocycles. The minimum atomic E-state index is 0.570. The van der Waals surface area contributed by atoms with Crippen LogP contribution in [0.25, 0.3) is 16.9 Å². The Morgan fingerprint density at radius 2 is 1.93 bits per heavy atom. The van der Waals surface area contributed by atoms with Crippen molar-refractivity contribution in [3.8, 4) is 34.2 Å². The van der Waals surface area contributed by atoms with Crippen LogP contribution in [-0.2, 0) is 6.42 Å². The summed E-state index contributed by atoms with van der Waals surface area (Å²) in [6.45, 7) is 2.10. The summed E-state index contributed by atoms with van der Waals surface area (Å²) >= 11 is 0. The largest absolute Gasteiger partial charge is 0.497 e. The van der Waals surface area contributed by atoms with E-state index in [9.17, 15) is 0 Å². The van der Waals surface area contributed by atoms with Crippen molar-refractivity contribution in [3.63, 3.8) is 0 Å². The molecule has 0 bridgehead atoms. The van der Waals surface area contributed by atoms with Gasteiger partial charge in [0, 0.05) is 23.7 Å². The summed E-state index contributed by atoms with van der Waals surface area (Å²) in [7, 11) is 1.69. The molecule has 3 aromatic rings. The van der Waals surface area contributed by atoms with E-state index in [2.05, 4.69) is 11.4 Å². The molecule has 0 radical (unpaired) electrons. The number of fused-ring (bicyclic) bond motifs is 2. The fraction of sp³-hybridized carbons (Fsp3) is 0.318. The molecule has 1 N–H and O–H groups in total. The first-order valence-corrected chi connectivity index (χ1v) is 9.74. The number of methoxy groups -OCH3 is 1. The molecule has 6 nitrogen and oxygen atoms in total. The van der Waals surface area contributed by atoms with Crippen molar-refractivity contribution in [1.82, 2.24) is 9.78 Å². The summed E-state index contributed by atoms with van der Waals surface area (Å²) in [5.41, 5.74) is 4.28. The highest BCUT2D eigenvalue weighted by Crippen LogP contribution is 2.37. The molecular weight excluding hydrogens is 354 g/mol. The molecule has 3 heterocycles. The van der Waals surface area contributed by atoms with E-state index < -0.39 is 0 Å². The van der Waals surface area contributed by atoms with Gasteiger partial charge in [0.1, 0.15) is 24.8 Å². The molecule has 2 aliphatic rings. The summed E-state index contributed by atoms with van der Waals surface area (Å²) < 4.78 is 18.8. The molecule has 5 rings (SSSR count). The summed E-state index contributed by atoms with van der Waals surface area (Å²) in [4.78, 5) is 0. The van der Waals surface area contributed by atoms with Crippen LogP contribution in [0.3, 0.4) is 0 Å². The van der Waals surface area contributed by atoms with Gasteiger partial charge in [-0.15, -0.1) is 0 Å². The summed E-state index contributed by atoms with van der Waals surface area (Å²) in [6.07, 6.45) is 3.29. The van der Waals surface area contributed by atoms with E-state index in [1.807, 2.05) is 41.1 Å². The molecule has 2 aliphatic heterocycles. The van der Waals surface area contributed by atoms with Gasteiger partial charge in [0.15, 0.2) is 11.5 Å². The Labute approximate surface area is 164 Å². The Hall–Kier alpha value is -3.15. The summed E-state index contributed by atoms with van der Waals surface area (Å²) in [6, 6.07) is 14.1. The van der Waals surface area contributed by atoms with E-state index in [1.165, 1.54) is 5.56 Å². The SMILES string of the molecule is COc1cccc(-c2nn(-c3ccc4c(c3)OCCO4)c3c2CCCCN3)c1. The van der Waals surface area contributed by atoms with Crippen molar-refractivity contribution in [1.29, 1.82) is 0 Å². The second-order valence-corrected chi connectivity index (χ2v) is 7.03. The summed E-state index contributed by atoms with van der Waals surface area (Å²) in [5, 5.41) is 8.59. The Kier molecular flexibility index (Phi) is 4.31. The van der Waals surface area contributed by atoms with Crippen molar-refractivity contribution >= 4 is 5.82 Å². The maximum atomic E-state index is 5.77. The lowest BCUT2D eigenvalue weighted by Gasteiger charge is -2.19. The number of rotatable bonds is 3. The van der Waals surface area contributed by atoms with Crippen LogP contribution in [0.5, 0.6) is 17.2 Å². The van der Waals surface area contributed by atoms with Crippen LogP contribution in [0.15, 0.2) is 42.5 Å².